The van der Waals surface area contributed by atoms with Crippen LogP contribution in [-0.4, -0.2) is 23.6 Å². The van der Waals surface area contributed by atoms with Crippen molar-refractivity contribution in [2.45, 2.75) is 70.6 Å². The van der Waals surface area contributed by atoms with Crippen LogP contribution < -0.4 is 5.32 Å². The second-order valence-electron chi connectivity index (χ2n) is 5.25. The van der Waals surface area contributed by atoms with Crippen molar-refractivity contribution in [3.63, 3.8) is 0 Å². The Balaban J connectivity index is 2.16. The molecule has 1 saturated heterocycles. The van der Waals surface area contributed by atoms with Crippen LogP contribution in [0, 0.1) is 5.92 Å². The molecule has 16 heavy (non-hydrogen) atoms. The molecule has 1 fully saturated rings. The van der Waals surface area contributed by atoms with E-state index in [4.69, 9.17) is 0 Å². The minimum absolute atomic E-state index is 0.748. The van der Waals surface area contributed by atoms with Gasteiger partial charge in [-0.3, -0.25) is 0 Å². The number of thioether (sulfide) groups is 1. The first-order chi connectivity index (χ1) is 7.76. The second-order valence-corrected chi connectivity index (χ2v) is 6.66. The lowest BCUT2D eigenvalue weighted by Crippen LogP contribution is -2.36. The molecule has 0 aromatic heterocycles. The van der Waals surface area contributed by atoms with Crippen molar-refractivity contribution in [1.29, 1.82) is 0 Å². The Morgan fingerprint density at radius 2 is 2.06 bits per heavy atom. The zero-order chi connectivity index (χ0) is 11.8. The molecule has 0 aromatic carbocycles. The average Bonchev–Trinajstić information content (AvgIpc) is 2.35. The highest BCUT2D eigenvalue weighted by molar-refractivity contribution is 7.99. The van der Waals surface area contributed by atoms with Crippen LogP contribution >= 0.6 is 11.8 Å². The summed E-state index contributed by atoms with van der Waals surface area (Å²) in [6.45, 7) is 8.22. The van der Waals surface area contributed by atoms with E-state index >= 15 is 0 Å². The number of hydrogen-bond acceptors (Lipinski definition) is 2. The summed E-state index contributed by atoms with van der Waals surface area (Å²) in [6, 6.07) is 0.748. The summed E-state index contributed by atoms with van der Waals surface area (Å²) in [6.07, 6.45) is 8.26. The Morgan fingerprint density at radius 3 is 2.62 bits per heavy atom. The molecule has 3 unspecified atom stereocenters. The highest BCUT2D eigenvalue weighted by Crippen LogP contribution is 2.24. The molecule has 0 bridgehead atoms. The molecular weight excluding hydrogens is 214 g/mol. The minimum atomic E-state index is 0.748. The first-order valence-corrected chi connectivity index (χ1v) is 8.16. The smallest absolute Gasteiger partial charge is 0.0172 e. The Hall–Kier alpha value is 0.310. The molecule has 1 N–H and O–H groups in total. The normalized spacial score (nSPS) is 25.3. The molecule has 0 aliphatic carbocycles. The van der Waals surface area contributed by atoms with Gasteiger partial charge in [-0.2, -0.15) is 11.8 Å². The van der Waals surface area contributed by atoms with E-state index in [0.29, 0.717) is 0 Å². The van der Waals surface area contributed by atoms with E-state index in [1.807, 2.05) is 0 Å². The van der Waals surface area contributed by atoms with E-state index in [9.17, 15) is 0 Å². The molecule has 0 amide bonds. The van der Waals surface area contributed by atoms with Gasteiger partial charge in [0.05, 0.1) is 0 Å². The quantitative estimate of drug-likeness (QED) is 0.723. The molecular formula is C14H29NS. The lowest BCUT2D eigenvalue weighted by molar-refractivity contribution is 0.382. The summed E-state index contributed by atoms with van der Waals surface area (Å²) >= 11 is 2.18. The molecule has 0 saturated carbocycles. The van der Waals surface area contributed by atoms with Crippen LogP contribution in [0.5, 0.6) is 0 Å². The fourth-order valence-electron chi connectivity index (χ4n) is 2.31. The van der Waals surface area contributed by atoms with Crippen molar-refractivity contribution in [2.24, 2.45) is 5.92 Å². The van der Waals surface area contributed by atoms with Gasteiger partial charge in [0.15, 0.2) is 0 Å². The van der Waals surface area contributed by atoms with Crippen LogP contribution in [-0.2, 0) is 0 Å². The fourth-order valence-corrected chi connectivity index (χ4v) is 3.56. The standard InChI is InChI=1S/C14H29NS/c1-4-12(3)10-13(5-2)15-11-14-8-6-7-9-16-14/h12-15H,4-11H2,1-3H3. The molecule has 0 spiro atoms. The minimum Gasteiger partial charge on any atom is -0.313 e. The van der Waals surface area contributed by atoms with Crippen molar-refractivity contribution in [2.75, 3.05) is 12.3 Å². The number of hydrogen-bond donors (Lipinski definition) is 1. The van der Waals surface area contributed by atoms with Gasteiger partial charge in [-0.1, -0.05) is 33.6 Å². The molecule has 0 aromatic rings. The first-order valence-electron chi connectivity index (χ1n) is 7.11. The molecule has 1 aliphatic rings. The number of nitrogens with one attached hydrogen (secondary N) is 1. The summed E-state index contributed by atoms with van der Waals surface area (Å²) in [5.74, 6) is 2.26. The predicted molar refractivity (Wildman–Crippen MR) is 76.3 cm³/mol. The van der Waals surface area contributed by atoms with Crippen LogP contribution in [0.1, 0.15) is 59.3 Å². The van der Waals surface area contributed by atoms with Crippen LogP contribution in [0.25, 0.3) is 0 Å². The van der Waals surface area contributed by atoms with E-state index in [-0.39, 0.29) is 0 Å². The van der Waals surface area contributed by atoms with Crippen molar-refractivity contribution in [1.82, 2.24) is 5.32 Å². The SMILES string of the molecule is CCC(C)CC(CC)NCC1CCCCS1. The molecule has 96 valence electrons. The highest BCUT2D eigenvalue weighted by atomic mass is 32.2. The molecule has 1 nitrogen and oxygen atoms in total. The van der Waals surface area contributed by atoms with Crippen LogP contribution in [0.4, 0.5) is 0 Å². The van der Waals surface area contributed by atoms with Gasteiger partial charge in [0.1, 0.15) is 0 Å². The maximum absolute atomic E-state index is 3.78. The Morgan fingerprint density at radius 1 is 1.25 bits per heavy atom. The van der Waals surface area contributed by atoms with E-state index < -0.39 is 0 Å². The average molecular weight is 243 g/mol. The van der Waals surface area contributed by atoms with Gasteiger partial charge in [0.2, 0.25) is 0 Å². The van der Waals surface area contributed by atoms with Gasteiger partial charge in [0, 0.05) is 17.8 Å². The van der Waals surface area contributed by atoms with E-state index in [1.54, 1.807) is 0 Å². The topological polar surface area (TPSA) is 12.0 Å². The summed E-state index contributed by atoms with van der Waals surface area (Å²) in [5.41, 5.74) is 0. The van der Waals surface area contributed by atoms with Gasteiger partial charge >= 0.3 is 0 Å². The van der Waals surface area contributed by atoms with Gasteiger partial charge in [-0.05, 0) is 37.4 Å². The maximum atomic E-state index is 3.78. The maximum Gasteiger partial charge on any atom is 0.0172 e. The van der Waals surface area contributed by atoms with E-state index in [2.05, 4.69) is 37.8 Å². The summed E-state index contributed by atoms with van der Waals surface area (Å²) < 4.78 is 0. The molecule has 2 heteroatoms. The molecule has 1 rings (SSSR count). The Kier molecular flexibility index (Phi) is 7.55. The van der Waals surface area contributed by atoms with Crippen molar-refractivity contribution >= 4 is 11.8 Å². The lowest BCUT2D eigenvalue weighted by atomic mass is 9.97. The van der Waals surface area contributed by atoms with E-state index in [1.165, 1.54) is 50.8 Å². The summed E-state index contributed by atoms with van der Waals surface area (Å²) in [4.78, 5) is 0. The number of rotatable bonds is 7. The summed E-state index contributed by atoms with van der Waals surface area (Å²) in [5, 5.41) is 4.67. The lowest BCUT2D eigenvalue weighted by Gasteiger charge is -2.26. The van der Waals surface area contributed by atoms with E-state index in [0.717, 1.165) is 17.2 Å². The monoisotopic (exact) mass is 243 g/mol. The van der Waals surface area contributed by atoms with Gasteiger partial charge in [-0.25, -0.2) is 0 Å². The van der Waals surface area contributed by atoms with Gasteiger partial charge < -0.3 is 5.32 Å². The summed E-state index contributed by atoms with van der Waals surface area (Å²) in [7, 11) is 0. The predicted octanol–water partition coefficient (Wildman–Crippen LogP) is 4.08. The fraction of sp³-hybridized carbons (Fsp3) is 1.00. The first kappa shape index (κ1) is 14.4. The van der Waals surface area contributed by atoms with Crippen molar-refractivity contribution in [3.8, 4) is 0 Å². The molecule has 0 radical (unpaired) electrons. The largest absolute Gasteiger partial charge is 0.313 e. The Bertz CT molecular complexity index is 166. The van der Waals surface area contributed by atoms with Crippen molar-refractivity contribution in [3.05, 3.63) is 0 Å². The van der Waals surface area contributed by atoms with Gasteiger partial charge in [-0.15, -0.1) is 0 Å². The van der Waals surface area contributed by atoms with Crippen molar-refractivity contribution < 1.29 is 0 Å². The van der Waals surface area contributed by atoms with Crippen LogP contribution in [0.2, 0.25) is 0 Å². The molecule has 3 atom stereocenters. The third-order valence-corrected chi connectivity index (χ3v) is 5.18. The highest BCUT2D eigenvalue weighted by Gasteiger charge is 2.16. The molecule has 1 heterocycles. The zero-order valence-corrected chi connectivity index (χ0v) is 12.1. The second kappa shape index (κ2) is 8.41. The van der Waals surface area contributed by atoms with Gasteiger partial charge in [0.25, 0.3) is 0 Å². The van der Waals surface area contributed by atoms with Crippen LogP contribution in [0.15, 0.2) is 0 Å². The Labute approximate surface area is 106 Å². The van der Waals surface area contributed by atoms with Crippen LogP contribution in [0.3, 0.4) is 0 Å². The third-order valence-electron chi connectivity index (χ3n) is 3.78. The molecule has 1 aliphatic heterocycles. The zero-order valence-electron chi connectivity index (χ0n) is 11.3. The third kappa shape index (κ3) is 5.58.